The van der Waals surface area contributed by atoms with Crippen molar-refractivity contribution in [3.8, 4) is 0 Å². The minimum absolute atomic E-state index is 0.0419. The van der Waals surface area contributed by atoms with Crippen molar-refractivity contribution in [2.75, 3.05) is 0 Å². The van der Waals surface area contributed by atoms with E-state index in [-0.39, 0.29) is 11.8 Å². The van der Waals surface area contributed by atoms with Gasteiger partial charge < -0.3 is 10.4 Å². The van der Waals surface area contributed by atoms with E-state index in [1.165, 1.54) is 11.3 Å². The first kappa shape index (κ1) is 11.9. The van der Waals surface area contributed by atoms with E-state index in [1.807, 2.05) is 12.2 Å². The molecular formula is C12H13NO3S. The number of carboxylic acid groups (broad SMARTS) is 1. The zero-order valence-electron chi connectivity index (χ0n) is 9.18. The highest BCUT2D eigenvalue weighted by Crippen LogP contribution is 2.19. The lowest BCUT2D eigenvalue weighted by atomic mass is 10.1. The molecule has 0 spiro atoms. The summed E-state index contributed by atoms with van der Waals surface area (Å²) in [6, 6.07) is 3.30. The molecule has 0 aliphatic heterocycles. The minimum atomic E-state index is -0.924. The monoisotopic (exact) mass is 251 g/mol. The van der Waals surface area contributed by atoms with E-state index < -0.39 is 5.97 Å². The summed E-state index contributed by atoms with van der Waals surface area (Å²) in [6.07, 6.45) is 5.63. The van der Waals surface area contributed by atoms with Gasteiger partial charge in [-0.15, -0.1) is 11.3 Å². The first-order chi connectivity index (χ1) is 8.16. The molecule has 0 atom stereocenters. The third-order valence-electron chi connectivity index (χ3n) is 2.69. The van der Waals surface area contributed by atoms with Gasteiger partial charge in [-0.25, -0.2) is 4.79 Å². The highest BCUT2D eigenvalue weighted by atomic mass is 32.1. The highest BCUT2D eigenvalue weighted by molar-refractivity contribution is 7.13. The first-order valence-electron chi connectivity index (χ1n) is 5.41. The number of amides is 1. The summed E-state index contributed by atoms with van der Waals surface area (Å²) in [4.78, 5) is 23.5. The van der Waals surface area contributed by atoms with Crippen molar-refractivity contribution in [3.63, 3.8) is 0 Å². The minimum Gasteiger partial charge on any atom is -0.477 e. The third kappa shape index (κ3) is 2.94. The van der Waals surface area contributed by atoms with Gasteiger partial charge in [0, 0.05) is 10.8 Å². The second kappa shape index (κ2) is 5.14. The summed E-state index contributed by atoms with van der Waals surface area (Å²) in [7, 11) is 0. The number of rotatable bonds is 4. The second-order valence-corrected chi connectivity index (χ2v) is 5.10. The normalized spacial score (nSPS) is 15.1. The molecule has 17 heavy (non-hydrogen) atoms. The van der Waals surface area contributed by atoms with Crippen LogP contribution in [0.15, 0.2) is 24.3 Å². The average molecular weight is 251 g/mol. The molecule has 2 rings (SSSR count). The molecule has 90 valence electrons. The molecule has 1 aromatic heterocycles. The fraction of sp³-hybridized carbons (Fsp3) is 0.333. The van der Waals surface area contributed by atoms with Crippen LogP contribution in [0.25, 0.3) is 0 Å². The molecule has 0 bridgehead atoms. The average Bonchev–Trinajstić information content (AvgIpc) is 2.97. The number of hydrogen-bond donors (Lipinski definition) is 2. The fourth-order valence-corrected chi connectivity index (χ4v) is 2.52. The van der Waals surface area contributed by atoms with Crippen LogP contribution in [0.2, 0.25) is 0 Å². The predicted octanol–water partition coefficient (Wildman–Crippen LogP) is 2.03. The van der Waals surface area contributed by atoms with Crippen molar-refractivity contribution in [1.82, 2.24) is 5.32 Å². The number of carboxylic acids is 1. The van der Waals surface area contributed by atoms with Gasteiger partial charge in [0.1, 0.15) is 4.88 Å². The largest absolute Gasteiger partial charge is 0.477 e. The van der Waals surface area contributed by atoms with Crippen LogP contribution < -0.4 is 5.32 Å². The molecule has 4 nitrogen and oxygen atoms in total. The topological polar surface area (TPSA) is 66.4 Å². The number of carbonyl (C=O) groups is 2. The van der Waals surface area contributed by atoms with Crippen LogP contribution in [-0.4, -0.2) is 17.0 Å². The Hall–Kier alpha value is -1.62. The summed E-state index contributed by atoms with van der Waals surface area (Å²) in [5.74, 6) is -0.832. The van der Waals surface area contributed by atoms with Gasteiger partial charge in [-0.05, 0) is 25.0 Å². The number of carbonyl (C=O) groups excluding carboxylic acids is 1. The van der Waals surface area contributed by atoms with Crippen molar-refractivity contribution in [2.45, 2.75) is 19.4 Å². The van der Waals surface area contributed by atoms with E-state index in [2.05, 4.69) is 5.32 Å². The van der Waals surface area contributed by atoms with Gasteiger partial charge in [-0.3, -0.25) is 4.79 Å². The molecule has 1 aliphatic rings. The molecule has 0 fully saturated rings. The molecule has 1 amide bonds. The molecule has 0 aromatic carbocycles. The van der Waals surface area contributed by atoms with Crippen LogP contribution >= 0.6 is 11.3 Å². The van der Waals surface area contributed by atoms with Crippen molar-refractivity contribution < 1.29 is 14.7 Å². The fourth-order valence-electron chi connectivity index (χ4n) is 1.74. The molecule has 0 unspecified atom stereocenters. The number of aromatic carboxylic acids is 1. The van der Waals surface area contributed by atoms with Crippen molar-refractivity contribution in [1.29, 1.82) is 0 Å². The lowest BCUT2D eigenvalue weighted by Gasteiger charge is -2.09. The van der Waals surface area contributed by atoms with Crippen LogP contribution in [0, 0.1) is 5.92 Å². The maximum atomic E-state index is 11.7. The van der Waals surface area contributed by atoms with Crippen molar-refractivity contribution in [3.05, 3.63) is 34.0 Å². The van der Waals surface area contributed by atoms with E-state index in [9.17, 15) is 9.59 Å². The molecular weight excluding hydrogens is 238 g/mol. The van der Waals surface area contributed by atoms with Gasteiger partial charge in [-0.1, -0.05) is 12.2 Å². The number of thiophene rings is 1. The van der Waals surface area contributed by atoms with Crippen molar-refractivity contribution in [2.24, 2.45) is 5.92 Å². The Morgan fingerprint density at radius 1 is 1.35 bits per heavy atom. The van der Waals surface area contributed by atoms with Gasteiger partial charge in [-0.2, -0.15) is 0 Å². The first-order valence-corrected chi connectivity index (χ1v) is 6.23. The molecule has 5 heteroatoms. The maximum absolute atomic E-state index is 11.7. The summed E-state index contributed by atoms with van der Waals surface area (Å²) < 4.78 is 0. The molecule has 0 saturated heterocycles. The van der Waals surface area contributed by atoms with Gasteiger partial charge in [0.05, 0.1) is 6.54 Å². The lowest BCUT2D eigenvalue weighted by molar-refractivity contribution is -0.124. The summed E-state index contributed by atoms with van der Waals surface area (Å²) in [6.45, 7) is 0.410. The van der Waals surface area contributed by atoms with Gasteiger partial charge >= 0.3 is 5.97 Å². The van der Waals surface area contributed by atoms with E-state index in [0.717, 1.165) is 17.7 Å². The Morgan fingerprint density at radius 3 is 2.65 bits per heavy atom. The molecule has 1 aromatic rings. The number of allylic oxidation sites excluding steroid dienone is 2. The predicted molar refractivity (Wildman–Crippen MR) is 65.0 cm³/mol. The molecule has 0 radical (unpaired) electrons. The zero-order chi connectivity index (χ0) is 12.3. The van der Waals surface area contributed by atoms with Crippen LogP contribution in [0.3, 0.4) is 0 Å². The molecule has 1 aliphatic carbocycles. The summed E-state index contributed by atoms with van der Waals surface area (Å²) in [5, 5.41) is 11.6. The van der Waals surface area contributed by atoms with Crippen LogP contribution in [0.1, 0.15) is 27.4 Å². The number of nitrogens with one attached hydrogen (secondary N) is 1. The van der Waals surface area contributed by atoms with Crippen LogP contribution in [0.4, 0.5) is 0 Å². The Morgan fingerprint density at radius 2 is 2.06 bits per heavy atom. The standard InChI is InChI=1S/C12H13NO3S/c14-11(8-3-1-2-4-8)13-7-9-5-6-10(17-9)12(15)16/h1-2,5-6,8H,3-4,7H2,(H,13,14)(H,15,16). The third-order valence-corrected chi connectivity index (χ3v) is 3.76. The van der Waals surface area contributed by atoms with E-state index >= 15 is 0 Å². The smallest absolute Gasteiger partial charge is 0.345 e. The lowest BCUT2D eigenvalue weighted by Crippen LogP contribution is -2.28. The molecule has 1 heterocycles. The summed E-state index contributed by atoms with van der Waals surface area (Å²) >= 11 is 1.20. The van der Waals surface area contributed by atoms with Gasteiger partial charge in [0.25, 0.3) is 0 Å². The second-order valence-electron chi connectivity index (χ2n) is 3.93. The molecule has 0 saturated carbocycles. The van der Waals surface area contributed by atoms with Gasteiger partial charge in [0.2, 0.25) is 5.91 Å². The summed E-state index contributed by atoms with van der Waals surface area (Å²) in [5.41, 5.74) is 0. The zero-order valence-corrected chi connectivity index (χ0v) is 10.00. The van der Waals surface area contributed by atoms with Crippen molar-refractivity contribution >= 4 is 23.2 Å². The van der Waals surface area contributed by atoms with E-state index in [4.69, 9.17) is 5.11 Å². The molecule has 2 N–H and O–H groups in total. The Kier molecular flexibility index (Phi) is 3.58. The SMILES string of the molecule is O=C(O)c1ccc(CNC(=O)C2CC=CC2)s1. The Balaban J connectivity index is 1.84. The van der Waals surface area contributed by atoms with Crippen LogP contribution in [0.5, 0.6) is 0 Å². The van der Waals surface area contributed by atoms with E-state index in [1.54, 1.807) is 12.1 Å². The quantitative estimate of drug-likeness (QED) is 0.805. The number of hydrogen-bond acceptors (Lipinski definition) is 3. The Bertz CT molecular complexity index is 456. The Labute approximate surface area is 103 Å². The highest BCUT2D eigenvalue weighted by Gasteiger charge is 2.18. The maximum Gasteiger partial charge on any atom is 0.345 e. The van der Waals surface area contributed by atoms with Crippen LogP contribution in [-0.2, 0) is 11.3 Å². The van der Waals surface area contributed by atoms with Gasteiger partial charge in [0.15, 0.2) is 0 Å². The van der Waals surface area contributed by atoms with E-state index in [0.29, 0.717) is 11.4 Å².